The highest BCUT2D eigenvalue weighted by atomic mass is 31.2. The van der Waals surface area contributed by atoms with Crippen molar-refractivity contribution in [3.05, 3.63) is 48.5 Å². The second-order valence-electron chi connectivity index (χ2n) is 7.32. The van der Waals surface area contributed by atoms with Crippen LogP contribution in [0.4, 0.5) is 0 Å². The summed E-state index contributed by atoms with van der Waals surface area (Å²) in [6.45, 7) is 1.38. The van der Waals surface area contributed by atoms with Crippen LogP contribution in [0.2, 0.25) is 0 Å². The summed E-state index contributed by atoms with van der Waals surface area (Å²) >= 11 is 0. The second-order valence-corrected chi connectivity index (χ2v) is 10.0. The Morgan fingerprint density at radius 2 is 2.11 bits per heavy atom. The summed E-state index contributed by atoms with van der Waals surface area (Å²) in [6, 6.07) is 7.83. The van der Waals surface area contributed by atoms with Gasteiger partial charge in [0.05, 0.1) is 12.0 Å². The summed E-state index contributed by atoms with van der Waals surface area (Å²) in [5, 5.41) is 8.28. The van der Waals surface area contributed by atoms with Gasteiger partial charge >= 0.3 is 5.97 Å². The number of carboxylic acids is 1. The molecule has 4 N–H and O–H groups in total. The zero-order valence-electron chi connectivity index (χ0n) is 15.8. The first kappa shape index (κ1) is 20.7. The van der Waals surface area contributed by atoms with Crippen LogP contribution in [0.5, 0.6) is 0 Å². The molecule has 2 heterocycles. The normalized spacial score (nSPS) is 25.6. The predicted molar refractivity (Wildman–Crippen MR) is 107 cm³/mol. The summed E-state index contributed by atoms with van der Waals surface area (Å²) in [6.07, 6.45) is 6.57. The Kier molecular flexibility index (Phi) is 6.35. The number of nitrogens with two attached hydrogens (primary N) is 1. The molecule has 0 bridgehead atoms. The molecule has 2 atom stereocenters. The number of unbranched alkanes of at least 4 members (excludes halogenated alkanes) is 1. The molecule has 8 nitrogen and oxygen atoms in total. The van der Waals surface area contributed by atoms with Crippen LogP contribution < -0.4 is 5.73 Å². The Hall–Kier alpha value is -1.99. The molecule has 3 rings (SSSR count). The fourth-order valence-corrected chi connectivity index (χ4v) is 6.07. The van der Waals surface area contributed by atoms with Crippen LogP contribution in [-0.2, 0) is 15.9 Å². The van der Waals surface area contributed by atoms with Crippen molar-refractivity contribution >= 4 is 13.3 Å². The van der Waals surface area contributed by atoms with Crippen molar-refractivity contribution in [1.29, 1.82) is 0 Å². The molecule has 2 unspecified atom stereocenters. The number of carboxylic acid groups (broad SMARTS) is 1. The van der Waals surface area contributed by atoms with Crippen molar-refractivity contribution in [2.45, 2.75) is 31.0 Å². The Bertz CT molecular complexity index is 857. The smallest absolute Gasteiger partial charge is 0.320 e. The second kappa shape index (κ2) is 8.57. The van der Waals surface area contributed by atoms with Crippen LogP contribution >= 0.6 is 7.37 Å². The van der Waals surface area contributed by atoms with Gasteiger partial charge in [-0.1, -0.05) is 24.6 Å². The molecule has 0 amide bonds. The largest absolute Gasteiger partial charge is 0.480 e. The van der Waals surface area contributed by atoms with Gasteiger partial charge in [0.1, 0.15) is 0 Å². The van der Waals surface area contributed by atoms with Crippen molar-refractivity contribution in [3.63, 3.8) is 0 Å². The molecule has 0 aliphatic carbocycles. The van der Waals surface area contributed by atoms with Gasteiger partial charge in [0.15, 0.2) is 5.16 Å². The lowest BCUT2D eigenvalue weighted by atomic mass is 9.99. The predicted octanol–water partition coefficient (Wildman–Crippen LogP) is 1.91. The minimum Gasteiger partial charge on any atom is -0.480 e. The summed E-state index contributed by atoms with van der Waals surface area (Å²) in [4.78, 5) is 28.7. The van der Waals surface area contributed by atoms with E-state index in [9.17, 15) is 19.4 Å². The molecule has 1 saturated heterocycles. The molecule has 28 heavy (non-hydrogen) atoms. The fraction of sp³-hybridized carbons (Fsp3) is 0.474. The van der Waals surface area contributed by atoms with Crippen LogP contribution in [0.1, 0.15) is 24.8 Å². The van der Waals surface area contributed by atoms with Gasteiger partial charge in [0.25, 0.3) is 0 Å². The first-order chi connectivity index (χ1) is 13.4. The minimum absolute atomic E-state index is 0.0187. The van der Waals surface area contributed by atoms with Gasteiger partial charge in [-0.05, 0) is 31.0 Å². The number of para-hydroxylation sites is 1. The van der Waals surface area contributed by atoms with Crippen molar-refractivity contribution in [1.82, 2.24) is 14.5 Å². The number of aromatic nitrogens is 2. The summed E-state index contributed by atoms with van der Waals surface area (Å²) < 4.78 is 14.8. The van der Waals surface area contributed by atoms with E-state index in [1.165, 1.54) is 0 Å². The van der Waals surface area contributed by atoms with Gasteiger partial charge in [-0.2, -0.15) is 0 Å². The molecule has 1 aromatic heterocycles. The topological polar surface area (TPSA) is 122 Å². The van der Waals surface area contributed by atoms with Gasteiger partial charge in [0, 0.05) is 38.2 Å². The van der Waals surface area contributed by atoms with Gasteiger partial charge in [-0.25, -0.2) is 4.98 Å². The molecule has 9 heteroatoms. The third kappa shape index (κ3) is 4.05. The highest BCUT2D eigenvalue weighted by Crippen LogP contribution is 2.59. The average Bonchev–Trinajstić information content (AvgIpc) is 3.19. The lowest BCUT2D eigenvalue weighted by Gasteiger charge is -2.43. The monoisotopic (exact) mass is 406 g/mol. The Morgan fingerprint density at radius 1 is 1.32 bits per heavy atom. The maximum absolute atomic E-state index is 12.9. The van der Waals surface area contributed by atoms with E-state index >= 15 is 0 Å². The Balaban J connectivity index is 1.85. The van der Waals surface area contributed by atoms with E-state index in [1.807, 2.05) is 39.9 Å². The number of hydrogen-bond donors (Lipinski definition) is 3. The van der Waals surface area contributed by atoms with E-state index in [0.29, 0.717) is 32.5 Å². The van der Waals surface area contributed by atoms with Crippen molar-refractivity contribution in [3.8, 4) is 5.69 Å². The first-order valence-electron chi connectivity index (χ1n) is 9.43. The lowest BCUT2D eigenvalue weighted by Crippen LogP contribution is -2.54. The zero-order valence-corrected chi connectivity index (χ0v) is 16.7. The van der Waals surface area contributed by atoms with Gasteiger partial charge in [0.2, 0.25) is 7.37 Å². The summed E-state index contributed by atoms with van der Waals surface area (Å²) in [5.41, 5.74) is 7.50. The molecule has 1 aliphatic heterocycles. The van der Waals surface area contributed by atoms with Gasteiger partial charge < -0.3 is 20.3 Å². The molecule has 152 valence electrons. The SMILES string of the molecule is NCCCCC1(C(=O)O)CN(Cc2ccccc2-n2ccnc2)CCP1(=O)O. The third-order valence-corrected chi connectivity index (χ3v) is 8.18. The van der Waals surface area contributed by atoms with Crippen molar-refractivity contribution in [2.75, 3.05) is 25.8 Å². The molecule has 2 aromatic rings. The number of carbonyl (C=O) groups is 1. The Morgan fingerprint density at radius 3 is 2.79 bits per heavy atom. The third-order valence-electron chi connectivity index (χ3n) is 5.48. The number of aliphatic carboxylic acids is 1. The molecule has 1 aromatic carbocycles. The highest BCUT2D eigenvalue weighted by Gasteiger charge is 2.56. The molecular formula is C19H27N4O4P. The van der Waals surface area contributed by atoms with Gasteiger partial charge in [-0.3, -0.25) is 14.3 Å². The maximum Gasteiger partial charge on any atom is 0.320 e. The number of nitrogens with zero attached hydrogens (tertiary/aromatic N) is 3. The van der Waals surface area contributed by atoms with Crippen molar-refractivity contribution in [2.24, 2.45) is 5.73 Å². The number of benzene rings is 1. The van der Waals surface area contributed by atoms with E-state index in [4.69, 9.17) is 5.73 Å². The molecule has 0 radical (unpaired) electrons. The number of hydrogen-bond acceptors (Lipinski definition) is 5. The van der Waals surface area contributed by atoms with E-state index in [0.717, 1.165) is 11.3 Å². The van der Waals surface area contributed by atoms with Crippen LogP contribution in [0.3, 0.4) is 0 Å². The number of rotatable bonds is 8. The van der Waals surface area contributed by atoms with E-state index in [-0.39, 0.29) is 19.1 Å². The molecular weight excluding hydrogens is 379 g/mol. The fourth-order valence-electron chi connectivity index (χ4n) is 3.86. The molecule has 1 aliphatic rings. The maximum atomic E-state index is 12.9. The zero-order chi connectivity index (χ0) is 20.2. The molecule has 1 fully saturated rings. The highest BCUT2D eigenvalue weighted by molar-refractivity contribution is 7.61. The quantitative estimate of drug-likeness (QED) is 0.452. The average molecular weight is 406 g/mol. The van der Waals surface area contributed by atoms with E-state index in [2.05, 4.69) is 4.98 Å². The lowest BCUT2D eigenvalue weighted by molar-refractivity contribution is -0.141. The molecule has 0 saturated carbocycles. The van der Waals surface area contributed by atoms with Crippen LogP contribution in [0, 0.1) is 0 Å². The van der Waals surface area contributed by atoms with Gasteiger partial charge in [-0.15, -0.1) is 0 Å². The van der Waals surface area contributed by atoms with E-state index in [1.54, 1.807) is 12.5 Å². The van der Waals surface area contributed by atoms with Crippen LogP contribution in [0.25, 0.3) is 5.69 Å². The number of imidazole rings is 1. The first-order valence-corrected chi connectivity index (χ1v) is 11.3. The van der Waals surface area contributed by atoms with E-state index < -0.39 is 18.5 Å². The minimum atomic E-state index is -3.82. The molecule has 0 spiro atoms. The van der Waals surface area contributed by atoms with Crippen LogP contribution in [-0.4, -0.2) is 61.4 Å². The standard InChI is InChI=1S/C19H27N4O4P/c20-8-4-3-7-19(18(24)25)14-22(11-12-28(19,26)27)13-16-5-1-2-6-17(16)23-10-9-21-15-23/h1-2,5-6,9-10,15H,3-4,7-8,11-14,20H2,(H,24,25)(H,26,27). The summed E-state index contributed by atoms with van der Waals surface area (Å²) in [5.74, 6) is -1.19. The van der Waals surface area contributed by atoms with Crippen molar-refractivity contribution < 1.29 is 19.4 Å². The summed E-state index contributed by atoms with van der Waals surface area (Å²) in [7, 11) is -3.82. The van der Waals surface area contributed by atoms with Crippen LogP contribution in [0.15, 0.2) is 43.0 Å². The Labute approximate surface area is 164 Å².